The summed E-state index contributed by atoms with van der Waals surface area (Å²) in [5.41, 5.74) is 2.11. The molecule has 1 saturated heterocycles. The minimum absolute atomic E-state index is 0.538. The van der Waals surface area contributed by atoms with Crippen molar-refractivity contribution in [2.75, 3.05) is 27.2 Å². The van der Waals surface area contributed by atoms with Gasteiger partial charge in [0.25, 0.3) is 0 Å². The second kappa shape index (κ2) is 6.09. The number of benzene rings is 1. The Labute approximate surface area is 153 Å². The standard InChI is InChI=1S/C23H34N2/c1-24(2)16-21-8-9-25(22(21)20-6-4-3-5-7-20)23-13-17-10-18(14-23)12-19(11-17)15-23/h3-7,17-19,21-22H,8-16H2,1-2H3/t17?,18?,19?,21-,22-,23?/m1/s1. The molecule has 4 aliphatic carbocycles. The van der Waals surface area contributed by atoms with E-state index in [1.165, 1.54) is 38.8 Å². The van der Waals surface area contributed by atoms with Gasteiger partial charge in [-0.2, -0.15) is 0 Å². The average molecular weight is 339 g/mol. The Morgan fingerprint density at radius 3 is 2.12 bits per heavy atom. The fourth-order valence-corrected chi connectivity index (χ4v) is 7.57. The average Bonchev–Trinajstić information content (AvgIpc) is 2.98. The lowest BCUT2D eigenvalue weighted by Gasteiger charge is -2.61. The molecule has 2 atom stereocenters. The molecule has 5 fully saturated rings. The Morgan fingerprint density at radius 2 is 1.56 bits per heavy atom. The van der Waals surface area contributed by atoms with Crippen molar-refractivity contribution >= 4 is 0 Å². The predicted octanol–water partition coefficient (Wildman–Crippen LogP) is 4.58. The smallest absolute Gasteiger partial charge is 0.0394 e. The van der Waals surface area contributed by atoms with Gasteiger partial charge in [0, 0.05) is 18.1 Å². The van der Waals surface area contributed by atoms with Crippen molar-refractivity contribution < 1.29 is 0 Å². The Hall–Kier alpha value is -0.860. The molecule has 6 rings (SSSR count). The van der Waals surface area contributed by atoms with E-state index < -0.39 is 0 Å². The summed E-state index contributed by atoms with van der Waals surface area (Å²) in [5, 5.41) is 0. The molecule has 1 aliphatic heterocycles. The summed E-state index contributed by atoms with van der Waals surface area (Å²) in [5.74, 6) is 3.90. The summed E-state index contributed by atoms with van der Waals surface area (Å²) in [6.45, 7) is 2.55. The molecule has 25 heavy (non-hydrogen) atoms. The number of rotatable bonds is 4. The largest absolute Gasteiger partial charge is 0.309 e. The van der Waals surface area contributed by atoms with E-state index in [1.807, 2.05) is 0 Å². The van der Waals surface area contributed by atoms with E-state index in [-0.39, 0.29) is 0 Å². The van der Waals surface area contributed by atoms with Crippen molar-refractivity contribution in [2.24, 2.45) is 23.7 Å². The lowest BCUT2D eigenvalue weighted by atomic mass is 9.52. The van der Waals surface area contributed by atoms with Crippen LogP contribution in [0.25, 0.3) is 0 Å². The van der Waals surface area contributed by atoms with Crippen molar-refractivity contribution in [3.8, 4) is 0 Å². The van der Waals surface area contributed by atoms with Gasteiger partial charge in [0.15, 0.2) is 0 Å². The normalized spacial score (nSPS) is 43.2. The van der Waals surface area contributed by atoms with Crippen LogP contribution < -0.4 is 0 Å². The van der Waals surface area contributed by atoms with Crippen LogP contribution in [0.15, 0.2) is 30.3 Å². The van der Waals surface area contributed by atoms with Crippen LogP contribution in [0.1, 0.15) is 56.6 Å². The third-order valence-corrected chi connectivity index (χ3v) is 7.88. The monoisotopic (exact) mass is 338 g/mol. The molecular weight excluding hydrogens is 304 g/mol. The van der Waals surface area contributed by atoms with Gasteiger partial charge in [-0.3, -0.25) is 4.90 Å². The summed E-state index contributed by atoms with van der Waals surface area (Å²) < 4.78 is 0. The van der Waals surface area contributed by atoms with Crippen molar-refractivity contribution in [3.63, 3.8) is 0 Å². The highest BCUT2D eigenvalue weighted by molar-refractivity contribution is 5.24. The van der Waals surface area contributed by atoms with E-state index in [0.29, 0.717) is 11.6 Å². The van der Waals surface area contributed by atoms with E-state index in [9.17, 15) is 0 Å². The molecule has 0 N–H and O–H groups in total. The van der Waals surface area contributed by atoms with Gasteiger partial charge in [0.05, 0.1) is 0 Å². The Balaban J connectivity index is 1.49. The molecule has 0 aromatic heterocycles. The molecule has 0 amide bonds. The fraction of sp³-hybridized carbons (Fsp3) is 0.739. The molecule has 1 heterocycles. The van der Waals surface area contributed by atoms with Gasteiger partial charge >= 0.3 is 0 Å². The van der Waals surface area contributed by atoms with Gasteiger partial charge in [-0.05, 0) is 94.8 Å². The summed E-state index contributed by atoms with van der Waals surface area (Å²) >= 11 is 0. The first-order valence-corrected chi connectivity index (χ1v) is 10.6. The van der Waals surface area contributed by atoms with E-state index in [4.69, 9.17) is 0 Å². The number of hydrogen-bond donors (Lipinski definition) is 0. The maximum atomic E-state index is 3.03. The lowest BCUT2D eigenvalue weighted by Crippen LogP contribution is -2.60. The van der Waals surface area contributed by atoms with Gasteiger partial charge in [-0.15, -0.1) is 0 Å². The first kappa shape index (κ1) is 16.3. The van der Waals surface area contributed by atoms with Crippen LogP contribution >= 0.6 is 0 Å². The van der Waals surface area contributed by atoms with Gasteiger partial charge < -0.3 is 4.90 Å². The van der Waals surface area contributed by atoms with Gasteiger partial charge in [0.1, 0.15) is 0 Å². The highest BCUT2D eigenvalue weighted by Gasteiger charge is 2.56. The molecule has 5 aliphatic rings. The van der Waals surface area contributed by atoms with Crippen LogP contribution in [-0.4, -0.2) is 42.5 Å². The van der Waals surface area contributed by atoms with Gasteiger partial charge in [0.2, 0.25) is 0 Å². The minimum atomic E-state index is 0.538. The molecule has 0 unspecified atom stereocenters. The second-order valence-corrected chi connectivity index (χ2v) is 10.0. The third kappa shape index (κ3) is 2.77. The third-order valence-electron chi connectivity index (χ3n) is 7.88. The Bertz CT molecular complexity index is 572. The summed E-state index contributed by atoms with van der Waals surface area (Å²) in [6.07, 6.45) is 10.5. The molecule has 4 saturated carbocycles. The first-order valence-electron chi connectivity index (χ1n) is 10.6. The molecule has 136 valence electrons. The number of nitrogens with zero attached hydrogens (tertiary/aromatic N) is 2. The zero-order valence-corrected chi connectivity index (χ0v) is 16.0. The second-order valence-electron chi connectivity index (χ2n) is 10.0. The maximum absolute atomic E-state index is 3.03. The minimum Gasteiger partial charge on any atom is -0.309 e. The maximum Gasteiger partial charge on any atom is 0.0394 e. The van der Waals surface area contributed by atoms with Crippen LogP contribution in [0.4, 0.5) is 0 Å². The first-order chi connectivity index (χ1) is 12.1. The molecular formula is C23H34N2. The van der Waals surface area contributed by atoms with Crippen molar-refractivity contribution in [1.29, 1.82) is 0 Å². The predicted molar refractivity (Wildman–Crippen MR) is 103 cm³/mol. The van der Waals surface area contributed by atoms with Gasteiger partial charge in [-0.25, -0.2) is 0 Å². The molecule has 4 bridgehead atoms. The molecule has 0 spiro atoms. The van der Waals surface area contributed by atoms with E-state index in [1.54, 1.807) is 24.8 Å². The molecule has 2 nitrogen and oxygen atoms in total. The van der Waals surface area contributed by atoms with Crippen LogP contribution in [-0.2, 0) is 0 Å². The molecule has 0 radical (unpaired) electrons. The summed E-state index contributed by atoms with van der Waals surface area (Å²) in [6, 6.07) is 12.1. The fourth-order valence-electron chi connectivity index (χ4n) is 7.57. The van der Waals surface area contributed by atoms with Crippen LogP contribution in [0.2, 0.25) is 0 Å². The number of hydrogen-bond acceptors (Lipinski definition) is 2. The highest BCUT2D eigenvalue weighted by Crippen LogP contribution is 2.60. The van der Waals surface area contributed by atoms with Crippen LogP contribution in [0, 0.1) is 23.7 Å². The van der Waals surface area contributed by atoms with E-state index >= 15 is 0 Å². The summed E-state index contributed by atoms with van der Waals surface area (Å²) in [7, 11) is 4.49. The van der Waals surface area contributed by atoms with Crippen molar-refractivity contribution in [2.45, 2.75) is 56.5 Å². The van der Waals surface area contributed by atoms with Gasteiger partial charge in [-0.1, -0.05) is 30.3 Å². The molecule has 2 heteroatoms. The lowest BCUT2D eigenvalue weighted by molar-refractivity contribution is -0.0976. The van der Waals surface area contributed by atoms with Crippen molar-refractivity contribution in [1.82, 2.24) is 9.80 Å². The quantitative estimate of drug-likeness (QED) is 0.793. The summed E-state index contributed by atoms with van der Waals surface area (Å²) in [4.78, 5) is 5.44. The Morgan fingerprint density at radius 1 is 0.960 bits per heavy atom. The van der Waals surface area contributed by atoms with E-state index in [2.05, 4.69) is 54.2 Å². The molecule has 1 aromatic rings. The van der Waals surface area contributed by atoms with E-state index in [0.717, 1.165) is 23.7 Å². The SMILES string of the molecule is CN(C)C[C@H]1CCN(C23CC4CC(CC(C4)C2)C3)[C@@H]1c1ccccc1. The topological polar surface area (TPSA) is 6.48 Å². The number of likely N-dealkylation sites (tertiary alicyclic amines) is 1. The van der Waals surface area contributed by atoms with Crippen LogP contribution in [0.5, 0.6) is 0 Å². The molecule has 1 aromatic carbocycles. The Kier molecular flexibility index (Phi) is 3.98. The zero-order valence-electron chi connectivity index (χ0n) is 16.0. The van der Waals surface area contributed by atoms with Crippen molar-refractivity contribution in [3.05, 3.63) is 35.9 Å². The highest BCUT2D eigenvalue weighted by atomic mass is 15.3. The zero-order chi connectivity index (χ0) is 17.0. The van der Waals surface area contributed by atoms with Crippen LogP contribution in [0.3, 0.4) is 0 Å².